The molecule has 2 saturated heterocycles. The van der Waals surface area contributed by atoms with Crippen LogP contribution in [-0.4, -0.2) is 57.8 Å². The number of carbonyl (C=O) groups is 2. The number of thiophene rings is 1. The van der Waals surface area contributed by atoms with Crippen LogP contribution in [0.2, 0.25) is 0 Å². The number of piperidine rings is 2. The van der Waals surface area contributed by atoms with E-state index in [1.54, 1.807) is 17.7 Å². The molecule has 27 heavy (non-hydrogen) atoms. The molecule has 4 rings (SSSR count). The van der Waals surface area contributed by atoms with E-state index >= 15 is 0 Å². The van der Waals surface area contributed by atoms with Gasteiger partial charge in [-0.05, 0) is 41.7 Å². The zero-order valence-electron chi connectivity index (χ0n) is 15.5. The third kappa shape index (κ3) is 4.24. The number of hydrogen-bond acceptors (Lipinski definition) is 4. The first-order chi connectivity index (χ1) is 13.1. The minimum Gasteiger partial charge on any atom is -0.348 e. The molecule has 1 atom stereocenters. The van der Waals surface area contributed by atoms with Gasteiger partial charge in [0, 0.05) is 56.3 Å². The molecule has 0 aliphatic carbocycles. The highest BCUT2D eigenvalue weighted by atomic mass is 32.1. The quantitative estimate of drug-likeness (QED) is 0.858. The highest BCUT2D eigenvalue weighted by Gasteiger charge is 2.42. The van der Waals surface area contributed by atoms with Crippen LogP contribution >= 0.6 is 11.3 Å². The summed E-state index contributed by atoms with van der Waals surface area (Å²) in [5.74, 6) is 0.454. The van der Waals surface area contributed by atoms with Gasteiger partial charge in [-0.25, -0.2) is 4.98 Å². The van der Waals surface area contributed by atoms with E-state index in [0.29, 0.717) is 19.4 Å². The first kappa shape index (κ1) is 18.2. The lowest BCUT2D eigenvalue weighted by Gasteiger charge is -2.48. The Morgan fingerprint density at radius 3 is 3.04 bits per heavy atom. The monoisotopic (exact) mass is 386 g/mol. The molecule has 2 aromatic heterocycles. The zero-order chi connectivity index (χ0) is 18.7. The van der Waals surface area contributed by atoms with Crippen molar-refractivity contribution < 1.29 is 9.59 Å². The summed E-state index contributed by atoms with van der Waals surface area (Å²) in [5.41, 5.74) is 2.22. The van der Waals surface area contributed by atoms with Crippen LogP contribution in [0.25, 0.3) is 0 Å². The Bertz CT molecular complexity index is 768. The summed E-state index contributed by atoms with van der Waals surface area (Å²) >= 11 is 1.63. The number of nitrogens with one attached hydrogen (secondary N) is 1. The SMILES string of the molecule is O=C1CCC2(CCCN(C(=O)Cc3ccsc3)C2)CN1CCc1cnc[nH]1. The number of aromatic amines is 1. The third-order valence-electron chi connectivity index (χ3n) is 5.90. The Morgan fingerprint density at radius 1 is 1.33 bits per heavy atom. The van der Waals surface area contributed by atoms with Crippen molar-refractivity contribution in [3.05, 3.63) is 40.6 Å². The van der Waals surface area contributed by atoms with E-state index in [1.807, 2.05) is 32.8 Å². The lowest BCUT2D eigenvalue weighted by molar-refractivity contribution is -0.142. The fourth-order valence-corrected chi connectivity index (χ4v) is 5.09. The summed E-state index contributed by atoms with van der Waals surface area (Å²) in [4.78, 5) is 36.4. The normalized spacial score (nSPS) is 23.2. The van der Waals surface area contributed by atoms with E-state index in [9.17, 15) is 9.59 Å². The van der Waals surface area contributed by atoms with E-state index in [-0.39, 0.29) is 17.2 Å². The second kappa shape index (κ2) is 7.84. The molecule has 2 aliphatic rings. The summed E-state index contributed by atoms with van der Waals surface area (Å²) < 4.78 is 0. The predicted molar refractivity (Wildman–Crippen MR) is 104 cm³/mol. The van der Waals surface area contributed by atoms with Gasteiger partial charge in [0.25, 0.3) is 0 Å². The van der Waals surface area contributed by atoms with E-state index in [2.05, 4.69) is 9.97 Å². The minimum absolute atomic E-state index is 0.0600. The van der Waals surface area contributed by atoms with Gasteiger partial charge in [0.2, 0.25) is 11.8 Å². The van der Waals surface area contributed by atoms with Crippen LogP contribution in [0.5, 0.6) is 0 Å². The number of rotatable bonds is 5. The molecule has 2 amide bonds. The predicted octanol–water partition coefficient (Wildman–Crippen LogP) is 2.49. The first-order valence-electron chi connectivity index (χ1n) is 9.67. The molecule has 1 N–H and O–H groups in total. The maximum Gasteiger partial charge on any atom is 0.227 e. The number of carbonyl (C=O) groups excluding carboxylic acids is 2. The average Bonchev–Trinajstić information content (AvgIpc) is 3.37. The highest BCUT2D eigenvalue weighted by Crippen LogP contribution is 2.39. The number of H-pyrrole nitrogens is 1. The van der Waals surface area contributed by atoms with Gasteiger partial charge in [0.15, 0.2) is 0 Å². The van der Waals surface area contributed by atoms with Crippen LogP contribution in [0.4, 0.5) is 0 Å². The van der Waals surface area contributed by atoms with E-state index in [4.69, 9.17) is 0 Å². The molecule has 6 nitrogen and oxygen atoms in total. The summed E-state index contributed by atoms with van der Waals surface area (Å²) in [7, 11) is 0. The molecular formula is C20H26N4O2S. The van der Waals surface area contributed by atoms with Crippen LogP contribution in [0, 0.1) is 5.41 Å². The molecule has 1 unspecified atom stereocenters. The van der Waals surface area contributed by atoms with Crippen molar-refractivity contribution in [1.29, 1.82) is 0 Å². The largest absolute Gasteiger partial charge is 0.348 e. The molecule has 7 heteroatoms. The Labute approximate surface area is 163 Å². The third-order valence-corrected chi connectivity index (χ3v) is 6.64. The second-order valence-corrected chi connectivity index (χ2v) is 8.65. The van der Waals surface area contributed by atoms with Crippen molar-refractivity contribution >= 4 is 23.2 Å². The van der Waals surface area contributed by atoms with Gasteiger partial charge in [-0.3, -0.25) is 9.59 Å². The molecule has 144 valence electrons. The molecule has 2 fully saturated rings. The maximum absolute atomic E-state index is 12.8. The second-order valence-electron chi connectivity index (χ2n) is 7.87. The molecule has 0 bridgehead atoms. The van der Waals surface area contributed by atoms with Crippen LogP contribution < -0.4 is 0 Å². The average molecular weight is 387 g/mol. The number of amides is 2. The molecule has 0 saturated carbocycles. The van der Waals surface area contributed by atoms with Crippen molar-refractivity contribution in [3.63, 3.8) is 0 Å². The van der Waals surface area contributed by atoms with Gasteiger partial charge < -0.3 is 14.8 Å². The van der Waals surface area contributed by atoms with Gasteiger partial charge in [0.05, 0.1) is 12.7 Å². The lowest BCUT2D eigenvalue weighted by Crippen LogP contribution is -2.55. The molecular weight excluding hydrogens is 360 g/mol. The maximum atomic E-state index is 12.8. The van der Waals surface area contributed by atoms with Crippen LogP contribution in [0.15, 0.2) is 29.4 Å². The number of hydrogen-bond donors (Lipinski definition) is 1. The Morgan fingerprint density at radius 2 is 2.26 bits per heavy atom. The van der Waals surface area contributed by atoms with Crippen LogP contribution in [-0.2, 0) is 22.4 Å². The van der Waals surface area contributed by atoms with Gasteiger partial charge in [-0.1, -0.05) is 0 Å². The van der Waals surface area contributed by atoms with Gasteiger partial charge in [0.1, 0.15) is 0 Å². The van der Waals surface area contributed by atoms with Gasteiger partial charge >= 0.3 is 0 Å². The molecule has 2 aliphatic heterocycles. The topological polar surface area (TPSA) is 69.3 Å². The summed E-state index contributed by atoms with van der Waals surface area (Å²) in [5, 5.41) is 4.07. The molecule has 4 heterocycles. The van der Waals surface area contributed by atoms with Gasteiger partial charge in [-0.15, -0.1) is 0 Å². The minimum atomic E-state index is 0.0600. The first-order valence-corrected chi connectivity index (χ1v) is 10.6. The van der Waals surface area contributed by atoms with Crippen molar-refractivity contribution in [2.45, 2.75) is 38.5 Å². The highest BCUT2D eigenvalue weighted by molar-refractivity contribution is 7.08. The van der Waals surface area contributed by atoms with Crippen LogP contribution in [0.1, 0.15) is 36.9 Å². The summed E-state index contributed by atoms with van der Waals surface area (Å²) in [6, 6.07) is 2.03. The Kier molecular flexibility index (Phi) is 5.29. The van der Waals surface area contributed by atoms with E-state index in [1.165, 1.54) is 0 Å². The lowest BCUT2D eigenvalue weighted by atomic mass is 9.73. The summed E-state index contributed by atoms with van der Waals surface area (Å²) in [6.45, 7) is 3.10. The molecule has 2 aromatic rings. The van der Waals surface area contributed by atoms with E-state index in [0.717, 1.165) is 56.6 Å². The van der Waals surface area contributed by atoms with Crippen molar-refractivity contribution in [2.75, 3.05) is 26.2 Å². The number of imidazole rings is 1. The zero-order valence-corrected chi connectivity index (χ0v) is 16.3. The number of aromatic nitrogens is 2. The Balaban J connectivity index is 1.38. The van der Waals surface area contributed by atoms with Crippen molar-refractivity contribution in [3.8, 4) is 0 Å². The van der Waals surface area contributed by atoms with Crippen molar-refractivity contribution in [1.82, 2.24) is 19.8 Å². The number of likely N-dealkylation sites (tertiary alicyclic amines) is 2. The fraction of sp³-hybridized carbons (Fsp3) is 0.550. The van der Waals surface area contributed by atoms with Crippen LogP contribution in [0.3, 0.4) is 0 Å². The van der Waals surface area contributed by atoms with Gasteiger partial charge in [-0.2, -0.15) is 11.3 Å². The fourth-order valence-electron chi connectivity index (χ4n) is 4.42. The molecule has 1 spiro atoms. The van der Waals surface area contributed by atoms with Crippen molar-refractivity contribution in [2.24, 2.45) is 5.41 Å². The molecule has 0 radical (unpaired) electrons. The van der Waals surface area contributed by atoms with E-state index < -0.39 is 0 Å². The number of nitrogens with zero attached hydrogens (tertiary/aromatic N) is 3. The molecule has 0 aromatic carbocycles. The standard InChI is InChI=1S/C20H26N4O2S/c25-18-2-6-20(14-24(18)8-3-17-11-21-15-22-17)5-1-7-23(13-20)19(26)10-16-4-9-27-12-16/h4,9,11-12,15H,1-3,5-8,10,13-14H2,(H,21,22). The smallest absolute Gasteiger partial charge is 0.227 e. The summed E-state index contributed by atoms with van der Waals surface area (Å²) in [6.07, 6.45) is 8.39. The Hall–Kier alpha value is -2.15.